The van der Waals surface area contributed by atoms with E-state index in [-0.39, 0.29) is 12.5 Å². The van der Waals surface area contributed by atoms with Crippen LogP contribution in [-0.4, -0.2) is 18.7 Å². The second-order valence-corrected chi connectivity index (χ2v) is 7.34. The molecule has 1 heterocycles. The van der Waals surface area contributed by atoms with Crippen LogP contribution in [0.1, 0.15) is 5.76 Å². The number of rotatable bonds is 6. The van der Waals surface area contributed by atoms with Gasteiger partial charge in [-0.25, -0.2) is 5.43 Å². The Morgan fingerprint density at radius 1 is 1.00 bits per heavy atom. The monoisotopic (exact) mass is 437 g/mol. The van der Waals surface area contributed by atoms with Crippen LogP contribution in [0.2, 0.25) is 10.0 Å². The van der Waals surface area contributed by atoms with E-state index >= 15 is 0 Å². The Balaban J connectivity index is 1.34. The van der Waals surface area contributed by atoms with Crippen molar-refractivity contribution >= 4 is 51.8 Å². The number of nitrogens with one attached hydrogen (secondary N) is 2. The molecule has 0 radical (unpaired) electrons. The molecule has 1 aromatic heterocycles. The molecule has 4 rings (SSSR count). The lowest BCUT2D eigenvalue weighted by molar-refractivity contribution is -0.119. The first-order chi connectivity index (χ1) is 14.6. The van der Waals surface area contributed by atoms with Gasteiger partial charge in [-0.3, -0.25) is 4.79 Å². The summed E-state index contributed by atoms with van der Waals surface area (Å²) in [6, 6.07) is 22.6. The van der Waals surface area contributed by atoms with Crippen molar-refractivity contribution in [3.63, 3.8) is 0 Å². The summed E-state index contributed by atoms with van der Waals surface area (Å²) in [5, 5.41) is 10.3. The minimum atomic E-state index is -0.272. The maximum Gasteiger partial charge on any atom is 0.259 e. The Kier molecular flexibility index (Phi) is 6.02. The smallest absolute Gasteiger partial charge is 0.259 e. The minimum Gasteiger partial charge on any atom is -0.455 e. The van der Waals surface area contributed by atoms with Gasteiger partial charge in [0.25, 0.3) is 5.91 Å². The maximum absolute atomic E-state index is 12.1. The molecule has 7 heteroatoms. The molecule has 0 spiro atoms. The van der Waals surface area contributed by atoms with Gasteiger partial charge in [0.15, 0.2) is 0 Å². The van der Waals surface area contributed by atoms with E-state index in [1.807, 2.05) is 42.5 Å². The van der Waals surface area contributed by atoms with E-state index in [2.05, 4.69) is 15.8 Å². The highest BCUT2D eigenvalue weighted by atomic mass is 35.5. The number of fused-ring (bicyclic) bond motifs is 1. The van der Waals surface area contributed by atoms with E-state index in [1.165, 1.54) is 6.21 Å². The SMILES string of the molecule is O=C(CNc1cccc2ccccc12)N/N=C/c1ccc(-c2ccc(Cl)cc2Cl)o1. The number of hydrogen-bond acceptors (Lipinski definition) is 4. The molecule has 4 aromatic rings. The third-order valence-electron chi connectivity index (χ3n) is 4.43. The van der Waals surface area contributed by atoms with Gasteiger partial charge in [0, 0.05) is 21.7 Å². The van der Waals surface area contributed by atoms with Crippen molar-refractivity contribution in [2.24, 2.45) is 5.10 Å². The molecule has 150 valence electrons. The average Bonchev–Trinajstić information content (AvgIpc) is 3.20. The lowest BCUT2D eigenvalue weighted by Crippen LogP contribution is -2.25. The van der Waals surface area contributed by atoms with Crippen LogP contribution in [0.3, 0.4) is 0 Å². The summed E-state index contributed by atoms with van der Waals surface area (Å²) in [6.07, 6.45) is 1.43. The van der Waals surface area contributed by atoms with Crippen LogP contribution in [0, 0.1) is 0 Å². The van der Waals surface area contributed by atoms with Crippen LogP contribution in [0.4, 0.5) is 5.69 Å². The number of benzene rings is 3. The van der Waals surface area contributed by atoms with Crippen LogP contribution in [-0.2, 0) is 4.79 Å². The number of halogens is 2. The summed E-state index contributed by atoms with van der Waals surface area (Å²) in [5.74, 6) is 0.798. The van der Waals surface area contributed by atoms with E-state index in [0.29, 0.717) is 21.6 Å². The van der Waals surface area contributed by atoms with Crippen LogP contribution >= 0.6 is 23.2 Å². The Bertz CT molecular complexity index is 1230. The molecule has 0 saturated carbocycles. The quantitative estimate of drug-likeness (QED) is 0.288. The van der Waals surface area contributed by atoms with Gasteiger partial charge in [-0.1, -0.05) is 59.6 Å². The third-order valence-corrected chi connectivity index (χ3v) is 4.98. The van der Waals surface area contributed by atoms with Gasteiger partial charge in [-0.15, -0.1) is 0 Å². The molecular weight excluding hydrogens is 421 g/mol. The number of nitrogens with zero attached hydrogens (tertiary/aromatic N) is 1. The van der Waals surface area contributed by atoms with Crippen molar-refractivity contribution in [3.05, 3.63) is 88.6 Å². The minimum absolute atomic E-state index is 0.0924. The van der Waals surface area contributed by atoms with Crippen LogP contribution in [0.5, 0.6) is 0 Å². The molecule has 3 aromatic carbocycles. The number of anilines is 1. The summed E-state index contributed by atoms with van der Waals surface area (Å²) in [5.41, 5.74) is 4.10. The highest BCUT2D eigenvalue weighted by Gasteiger charge is 2.09. The van der Waals surface area contributed by atoms with Crippen molar-refractivity contribution in [1.29, 1.82) is 0 Å². The summed E-state index contributed by atoms with van der Waals surface area (Å²) in [7, 11) is 0. The van der Waals surface area contributed by atoms with Gasteiger partial charge >= 0.3 is 0 Å². The number of carbonyl (C=O) groups is 1. The summed E-state index contributed by atoms with van der Waals surface area (Å²) in [6.45, 7) is 0.0924. The molecule has 0 aliphatic heterocycles. The maximum atomic E-state index is 12.1. The normalized spacial score (nSPS) is 11.1. The second-order valence-electron chi connectivity index (χ2n) is 6.50. The number of carbonyl (C=O) groups excluding carboxylic acids is 1. The number of hydrogen-bond donors (Lipinski definition) is 2. The molecule has 0 unspecified atom stereocenters. The highest BCUT2D eigenvalue weighted by molar-refractivity contribution is 6.36. The predicted molar refractivity (Wildman–Crippen MR) is 122 cm³/mol. The van der Waals surface area contributed by atoms with Gasteiger partial charge < -0.3 is 9.73 Å². The molecule has 0 aliphatic rings. The van der Waals surface area contributed by atoms with Crippen molar-refractivity contribution in [2.75, 3.05) is 11.9 Å². The van der Waals surface area contributed by atoms with Crippen molar-refractivity contribution in [2.45, 2.75) is 0 Å². The molecular formula is C23H17Cl2N3O2. The fourth-order valence-electron chi connectivity index (χ4n) is 3.02. The average molecular weight is 438 g/mol. The van der Waals surface area contributed by atoms with Gasteiger partial charge in [0.05, 0.1) is 17.8 Å². The molecule has 0 bridgehead atoms. The fourth-order valence-corrected chi connectivity index (χ4v) is 3.52. The highest BCUT2D eigenvalue weighted by Crippen LogP contribution is 2.31. The molecule has 0 fully saturated rings. The number of hydrazone groups is 1. The molecule has 0 atom stereocenters. The molecule has 0 saturated heterocycles. The van der Waals surface area contributed by atoms with Gasteiger partial charge in [-0.2, -0.15) is 5.10 Å². The summed E-state index contributed by atoms with van der Waals surface area (Å²) < 4.78 is 5.71. The molecule has 1 amide bonds. The number of furan rings is 1. The lowest BCUT2D eigenvalue weighted by Gasteiger charge is -2.08. The first-order valence-electron chi connectivity index (χ1n) is 9.19. The topological polar surface area (TPSA) is 66.6 Å². The molecule has 30 heavy (non-hydrogen) atoms. The van der Waals surface area contributed by atoms with Crippen molar-refractivity contribution in [3.8, 4) is 11.3 Å². The molecule has 2 N–H and O–H groups in total. The zero-order valence-electron chi connectivity index (χ0n) is 15.7. The Hall–Kier alpha value is -3.28. The Labute approximate surface area is 183 Å². The Morgan fingerprint density at radius 2 is 1.83 bits per heavy atom. The lowest BCUT2D eigenvalue weighted by atomic mass is 10.1. The van der Waals surface area contributed by atoms with E-state index < -0.39 is 0 Å². The van der Waals surface area contributed by atoms with Crippen molar-refractivity contribution in [1.82, 2.24) is 5.43 Å². The van der Waals surface area contributed by atoms with Crippen LogP contribution in [0.25, 0.3) is 22.1 Å². The van der Waals surface area contributed by atoms with Gasteiger partial charge in [0.1, 0.15) is 11.5 Å². The molecule has 0 aliphatic carbocycles. The standard InChI is InChI=1S/C23H17Cl2N3O2/c24-16-8-10-19(20(25)12-16)22-11-9-17(30-22)13-27-28-23(29)14-26-21-7-3-5-15-4-1-2-6-18(15)21/h1-13,26H,14H2,(H,28,29)/b27-13+. The van der Waals surface area contributed by atoms with Crippen LogP contribution in [0.15, 0.2) is 82.3 Å². The Morgan fingerprint density at radius 3 is 2.70 bits per heavy atom. The summed E-state index contributed by atoms with van der Waals surface area (Å²) in [4.78, 5) is 12.1. The molecule has 5 nitrogen and oxygen atoms in total. The third kappa shape index (κ3) is 4.64. The van der Waals surface area contributed by atoms with E-state index in [9.17, 15) is 4.79 Å². The van der Waals surface area contributed by atoms with Crippen LogP contribution < -0.4 is 10.7 Å². The van der Waals surface area contributed by atoms with E-state index in [0.717, 1.165) is 22.0 Å². The van der Waals surface area contributed by atoms with Crippen molar-refractivity contribution < 1.29 is 9.21 Å². The van der Waals surface area contributed by atoms with E-state index in [1.54, 1.807) is 30.3 Å². The zero-order valence-corrected chi connectivity index (χ0v) is 17.2. The fraction of sp³-hybridized carbons (Fsp3) is 0.0435. The summed E-state index contributed by atoms with van der Waals surface area (Å²) >= 11 is 12.1. The number of amides is 1. The first-order valence-corrected chi connectivity index (χ1v) is 9.94. The van der Waals surface area contributed by atoms with Gasteiger partial charge in [-0.05, 0) is 41.8 Å². The first kappa shape index (κ1) is 20.0. The predicted octanol–water partition coefficient (Wildman–Crippen LogP) is 5.97. The second kappa shape index (κ2) is 9.03. The van der Waals surface area contributed by atoms with Gasteiger partial charge in [0.2, 0.25) is 0 Å². The van der Waals surface area contributed by atoms with E-state index in [4.69, 9.17) is 27.6 Å². The zero-order chi connectivity index (χ0) is 20.9. The largest absolute Gasteiger partial charge is 0.455 e.